The minimum absolute atomic E-state index is 0.0609. The molecule has 0 aromatic rings. The van der Waals surface area contributed by atoms with E-state index in [-0.39, 0.29) is 25.8 Å². The molecule has 0 saturated carbocycles. The van der Waals surface area contributed by atoms with Crippen LogP contribution < -0.4 is 0 Å². The predicted molar refractivity (Wildman–Crippen MR) is 130 cm³/mol. The van der Waals surface area contributed by atoms with E-state index in [4.69, 9.17) is 15.3 Å². The highest BCUT2D eigenvalue weighted by Gasteiger charge is 2.67. The summed E-state index contributed by atoms with van der Waals surface area (Å²) in [5, 5.41) is 26.7. The van der Waals surface area contributed by atoms with Crippen LogP contribution in [0.4, 0.5) is 0 Å². The molecule has 2 heterocycles. The van der Waals surface area contributed by atoms with Crippen LogP contribution in [0.1, 0.15) is 47.0 Å². The van der Waals surface area contributed by atoms with E-state index in [0.717, 1.165) is 27.7 Å². The molecule has 0 aromatic heterocycles. The number of amides is 4. The molecular formula is C24H26N2O18. The van der Waals surface area contributed by atoms with Crippen LogP contribution in [0.25, 0.3) is 0 Å². The van der Waals surface area contributed by atoms with Crippen LogP contribution in [0.5, 0.6) is 0 Å². The summed E-state index contributed by atoms with van der Waals surface area (Å²) in [5.74, 6) is -10.8. The minimum Gasteiger partial charge on any atom is -0.480 e. The molecule has 4 amide bonds. The van der Waals surface area contributed by atoms with Gasteiger partial charge in [-0.25, -0.2) is 9.59 Å². The lowest BCUT2D eigenvalue weighted by Crippen LogP contribution is -2.76. The Morgan fingerprint density at radius 3 is 1.36 bits per heavy atom. The number of hydrogen-bond acceptors (Lipinski definition) is 15. The van der Waals surface area contributed by atoms with Crippen molar-refractivity contribution in [2.45, 2.75) is 63.8 Å². The van der Waals surface area contributed by atoms with Gasteiger partial charge in [0.1, 0.15) is 6.67 Å². The van der Waals surface area contributed by atoms with Gasteiger partial charge in [0.15, 0.2) is 11.6 Å². The van der Waals surface area contributed by atoms with Crippen molar-refractivity contribution in [3.05, 3.63) is 0 Å². The van der Waals surface area contributed by atoms with Gasteiger partial charge in [-0.1, -0.05) is 0 Å². The Morgan fingerprint density at radius 2 is 1.07 bits per heavy atom. The number of imide groups is 2. The lowest BCUT2D eigenvalue weighted by atomic mass is 9.79. The van der Waals surface area contributed by atoms with E-state index in [0.29, 0.717) is 9.80 Å². The van der Waals surface area contributed by atoms with Gasteiger partial charge >= 0.3 is 17.9 Å². The highest BCUT2D eigenvalue weighted by Crippen LogP contribution is 2.36. The van der Waals surface area contributed by atoms with Gasteiger partial charge in [-0.15, -0.1) is 0 Å². The molecule has 2 atom stereocenters. The zero-order valence-electron chi connectivity index (χ0n) is 23.4. The molecule has 0 radical (unpaired) electrons. The van der Waals surface area contributed by atoms with Crippen molar-refractivity contribution in [3.63, 3.8) is 0 Å². The molecular weight excluding hydrogens is 604 g/mol. The molecule has 0 spiro atoms. The Hall–Kier alpha value is -5.56. The van der Waals surface area contributed by atoms with E-state index in [9.17, 15) is 57.5 Å². The summed E-state index contributed by atoms with van der Waals surface area (Å²) in [6.07, 6.45) is -1.13. The summed E-state index contributed by atoms with van der Waals surface area (Å²) in [5.41, 5.74) is -8.94. The lowest BCUT2D eigenvalue weighted by molar-refractivity contribution is -0.201. The molecule has 0 aliphatic carbocycles. The number of ether oxygens (including phenoxy) is 3. The monoisotopic (exact) mass is 630 g/mol. The van der Waals surface area contributed by atoms with E-state index in [1.807, 2.05) is 0 Å². The number of carbonyl (C=O) groups is 12. The third-order valence-corrected chi connectivity index (χ3v) is 6.90. The van der Waals surface area contributed by atoms with Gasteiger partial charge < -0.3 is 29.5 Å². The Labute approximate surface area is 245 Å². The Morgan fingerprint density at radius 1 is 0.705 bits per heavy atom. The second-order valence-corrected chi connectivity index (χ2v) is 9.70. The van der Waals surface area contributed by atoms with E-state index in [1.165, 1.54) is 0 Å². The minimum atomic E-state index is -2.39. The maximum Gasteiger partial charge on any atom is 0.355 e. The maximum atomic E-state index is 11.8. The second kappa shape index (κ2) is 13.2. The number of nitrogens with zero attached hydrogens (tertiary/aromatic N) is 2. The number of carboxylic acids is 3. The molecule has 2 fully saturated rings. The summed E-state index contributed by atoms with van der Waals surface area (Å²) in [7, 11) is 0. The lowest BCUT2D eigenvalue weighted by Gasteiger charge is -2.47. The van der Waals surface area contributed by atoms with E-state index in [1.54, 1.807) is 0 Å². The molecule has 20 heteroatoms. The average Bonchev–Trinajstić information content (AvgIpc) is 2.96. The number of likely N-dealkylation sites (tertiary alicyclic amines) is 2. The van der Waals surface area contributed by atoms with Gasteiger partial charge in [0.2, 0.25) is 5.41 Å². The Balaban J connectivity index is 0.000000441. The number of hydrogen-bond donors (Lipinski definition) is 3. The van der Waals surface area contributed by atoms with Crippen molar-refractivity contribution in [2.24, 2.45) is 5.41 Å². The van der Waals surface area contributed by atoms with Crippen LogP contribution in [-0.4, -0.2) is 121 Å². The van der Waals surface area contributed by atoms with Crippen LogP contribution in [0.15, 0.2) is 0 Å². The fourth-order valence-corrected chi connectivity index (χ4v) is 3.64. The molecule has 2 rings (SSSR count). The van der Waals surface area contributed by atoms with Gasteiger partial charge in [-0.05, 0) is 34.1 Å². The fourth-order valence-electron chi connectivity index (χ4n) is 3.64. The highest BCUT2D eigenvalue weighted by molar-refractivity contribution is 6.33. The summed E-state index contributed by atoms with van der Waals surface area (Å²) in [6.45, 7) is 2.65. The van der Waals surface area contributed by atoms with Gasteiger partial charge in [0.25, 0.3) is 59.8 Å². The second-order valence-electron chi connectivity index (χ2n) is 9.70. The maximum absolute atomic E-state index is 11.8. The molecule has 0 aromatic carbocycles. The van der Waals surface area contributed by atoms with Crippen LogP contribution >= 0.6 is 0 Å². The quantitative estimate of drug-likeness (QED) is 0.0625. The van der Waals surface area contributed by atoms with Crippen molar-refractivity contribution in [2.75, 3.05) is 6.67 Å². The van der Waals surface area contributed by atoms with Gasteiger partial charge in [0, 0.05) is 12.8 Å². The number of aliphatic carboxylic acids is 3. The van der Waals surface area contributed by atoms with Crippen molar-refractivity contribution < 1.29 is 87.1 Å². The predicted octanol–water partition coefficient (Wildman–Crippen LogP) is -2.97. The van der Waals surface area contributed by atoms with E-state index >= 15 is 0 Å². The molecule has 3 N–H and O–H groups in total. The molecule has 20 nitrogen and oxygen atoms in total. The number of rotatable bonds is 17. The molecule has 0 bridgehead atoms. The number of Topliss-reactive ketones (excluding diaryl/α,β-unsaturated/α-hetero) is 2. The first-order valence-electron chi connectivity index (χ1n) is 12.0. The molecule has 2 unspecified atom stereocenters. The first kappa shape index (κ1) is 36.5. The van der Waals surface area contributed by atoms with E-state index < -0.39 is 94.8 Å². The van der Waals surface area contributed by atoms with E-state index in [2.05, 4.69) is 14.2 Å². The van der Waals surface area contributed by atoms with Gasteiger partial charge in [-0.2, -0.15) is 0 Å². The third kappa shape index (κ3) is 6.13. The summed E-state index contributed by atoms with van der Waals surface area (Å²) in [6, 6.07) is 0. The Kier molecular flexibility index (Phi) is 10.9. The standard InChI is InChI=1S/C13H16O10.C11H10N2O8/c1-12(10(18)19,22-6-14)8(16)4-3-5-9(17)13(2,11(20)21)23-7-15;1-10(9(19)20)5(15)12(6(10)16)3-13-7(17)11(2,8(13)18)21-4-14/h6-7H,3-5H2,1-2H3,(H,18,19)(H,20,21);4H,3H2,1-2H3,(H,19,20). The molecule has 240 valence electrons. The van der Waals surface area contributed by atoms with Crippen LogP contribution in [-0.2, 0) is 71.7 Å². The molecule has 2 aliphatic rings. The molecule has 44 heavy (non-hydrogen) atoms. The number of ketones is 2. The summed E-state index contributed by atoms with van der Waals surface area (Å²) in [4.78, 5) is 135. The van der Waals surface area contributed by atoms with Crippen LogP contribution in [0, 0.1) is 5.41 Å². The number of carbonyl (C=O) groups excluding carboxylic acids is 9. The molecule has 2 aliphatic heterocycles. The van der Waals surface area contributed by atoms with Crippen molar-refractivity contribution >= 4 is 72.5 Å². The zero-order chi connectivity index (χ0) is 34.4. The topological polar surface area (TPSA) is 300 Å². The average molecular weight is 630 g/mol. The third-order valence-electron chi connectivity index (χ3n) is 6.90. The van der Waals surface area contributed by atoms with Crippen LogP contribution in [0.3, 0.4) is 0 Å². The van der Waals surface area contributed by atoms with Gasteiger partial charge in [0.05, 0.1) is 0 Å². The smallest absolute Gasteiger partial charge is 0.355 e. The largest absolute Gasteiger partial charge is 0.480 e. The van der Waals surface area contributed by atoms with Crippen molar-refractivity contribution in [1.82, 2.24) is 9.80 Å². The summed E-state index contributed by atoms with van der Waals surface area (Å²) < 4.78 is 12.9. The van der Waals surface area contributed by atoms with Gasteiger partial charge in [-0.3, -0.25) is 57.7 Å². The first-order valence-corrected chi connectivity index (χ1v) is 12.0. The fraction of sp³-hybridized carbons (Fsp3) is 0.500. The number of β-lactam (4-membered cyclic amide) rings is 4. The Bertz CT molecular complexity index is 1260. The van der Waals surface area contributed by atoms with Crippen molar-refractivity contribution in [1.29, 1.82) is 0 Å². The van der Waals surface area contributed by atoms with Crippen molar-refractivity contribution in [3.8, 4) is 0 Å². The zero-order valence-corrected chi connectivity index (χ0v) is 23.4. The molecule has 2 saturated heterocycles. The highest BCUT2D eigenvalue weighted by atomic mass is 16.6. The normalized spacial score (nSPS) is 18.8. The SMILES string of the molecule is CC(OC=O)(C(=O)O)C(=O)CCCC(=O)C(C)(OC=O)C(=O)O.CC1(OC=O)C(=O)N(CN2C(=O)C(C)(C(=O)O)C2=O)C1=O. The van der Waals surface area contributed by atoms with Crippen LogP contribution in [0.2, 0.25) is 0 Å². The number of carboxylic acid groups (broad SMARTS) is 3. The summed E-state index contributed by atoms with van der Waals surface area (Å²) >= 11 is 0. The first-order chi connectivity index (χ1) is 20.2.